The van der Waals surface area contributed by atoms with Crippen molar-refractivity contribution in [2.45, 2.75) is 62.9 Å². The number of aryl methyl sites for hydroxylation is 1. The summed E-state index contributed by atoms with van der Waals surface area (Å²) in [6, 6.07) is 0.257. The van der Waals surface area contributed by atoms with Crippen molar-refractivity contribution < 1.29 is 0 Å². The molecule has 0 bridgehead atoms. The van der Waals surface area contributed by atoms with Gasteiger partial charge in [-0.15, -0.1) is 24.0 Å². The Morgan fingerprint density at radius 3 is 2.37 bits per heavy atom. The van der Waals surface area contributed by atoms with Gasteiger partial charge in [-0.2, -0.15) is 5.10 Å². The van der Waals surface area contributed by atoms with Gasteiger partial charge in [0.1, 0.15) is 0 Å². The average Bonchev–Trinajstić information content (AvgIpc) is 3.17. The van der Waals surface area contributed by atoms with Crippen molar-refractivity contribution in [3.05, 3.63) is 18.0 Å². The van der Waals surface area contributed by atoms with Gasteiger partial charge >= 0.3 is 0 Å². The van der Waals surface area contributed by atoms with Crippen molar-refractivity contribution in [2.75, 3.05) is 47.3 Å². The van der Waals surface area contributed by atoms with Gasteiger partial charge in [0.15, 0.2) is 5.96 Å². The first-order valence-electron chi connectivity index (χ1n) is 11.4. The molecule has 1 saturated heterocycles. The quantitative estimate of drug-likeness (QED) is 0.322. The molecule has 1 aromatic rings. The van der Waals surface area contributed by atoms with E-state index in [4.69, 9.17) is 0 Å². The molecule has 1 aliphatic heterocycles. The van der Waals surface area contributed by atoms with Crippen LogP contribution >= 0.6 is 24.0 Å². The molecule has 0 radical (unpaired) electrons. The van der Waals surface area contributed by atoms with E-state index in [1.807, 2.05) is 25.0 Å². The third-order valence-electron chi connectivity index (χ3n) is 6.82. The van der Waals surface area contributed by atoms with Crippen LogP contribution in [0.3, 0.4) is 0 Å². The molecular weight excluding hydrogens is 489 g/mol. The predicted molar refractivity (Wildman–Crippen MR) is 136 cm³/mol. The Kier molecular flexibility index (Phi) is 10.4. The van der Waals surface area contributed by atoms with Crippen LogP contribution in [0.15, 0.2) is 17.4 Å². The van der Waals surface area contributed by atoms with Gasteiger partial charge in [0.2, 0.25) is 0 Å². The van der Waals surface area contributed by atoms with E-state index in [2.05, 4.69) is 50.8 Å². The highest BCUT2D eigenvalue weighted by Gasteiger charge is 2.38. The van der Waals surface area contributed by atoms with Crippen LogP contribution in [0.5, 0.6) is 0 Å². The van der Waals surface area contributed by atoms with Gasteiger partial charge in [0.05, 0.1) is 12.2 Å². The van der Waals surface area contributed by atoms with E-state index in [0.29, 0.717) is 5.54 Å². The number of rotatable bonds is 7. The molecule has 0 amide bonds. The minimum Gasteiger partial charge on any atom is -0.355 e. The smallest absolute Gasteiger partial charge is 0.191 e. The summed E-state index contributed by atoms with van der Waals surface area (Å²) in [5, 5.41) is 11.6. The highest BCUT2D eigenvalue weighted by Crippen LogP contribution is 2.35. The summed E-state index contributed by atoms with van der Waals surface area (Å²) < 4.78 is 1.87. The lowest BCUT2D eigenvalue weighted by atomic mass is 9.79. The number of halogens is 1. The van der Waals surface area contributed by atoms with Gasteiger partial charge in [-0.1, -0.05) is 25.7 Å². The van der Waals surface area contributed by atoms with Gasteiger partial charge in [0.25, 0.3) is 0 Å². The Hall–Kier alpha value is -0.870. The van der Waals surface area contributed by atoms with E-state index in [1.54, 1.807) is 0 Å². The van der Waals surface area contributed by atoms with E-state index < -0.39 is 0 Å². The topological polar surface area (TPSA) is 60.7 Å². The zero-order valence-electron chi connectivity index (χ0n) is 19.4. The van der Waals surface area contributed by atoms with Crippen molar-refractivity contribution in [3.8, 4) is 0 Å². The number of nitrogens with zero attached hydrogens (tertiary/aromatic N) is 5. The first-order chi connectivity index (χ1) is 14.0. The molecule has 2 N–H and O–H groups in total. The molecule has 1 atom stereocenters. The Bertz CT molecular complexity index is 646. The van der Waals surface area contributed by atoms with Crippen molar-refractivity contribution in [1.29, 1.82) is 0 Å². The summed E-state index contributed by atoms with van der Waals surface area (Å²) in [6.45, 7) is 4.32. The lowest BCUT2D eigenvalue weighted by Gasteiger charge is -2.48. The number of hydrogen-bond donors (Lipinski definition) is 2. The summed E-state index contributed by atoms with van der Waals surface area (Å²) in [7, 11) is 8.07. The van der Waals surface area contributed by atoms with Crippen LogP contribution in [-0.2, 0) is 7.05 Å². The molecule has 172 valence electrons. The first-order valence-corrected chi connectivity index (χ1v) is 11.4. The lowest BCUT2D eigenvalue weighted by molar-refractivity contribution is 0.0368. The van der Waals surface area contributed by atoms with Crippen molar-refractivity contribution in [2.24, 2.45) is 12.0 Å². The lowest BCUT2D eigenvalue weighted by Crippen LogP contribution is -2.59. The minimum absolute atomic E-state index is 0. The maximum Gasteiger partial charge on any atom is 0.191 e. The highest BCUT2D eigenvalue weighted by atomic mass is 127. The molecule has 7 nitrogen and oxygen atoms in total. The summed E-state index contributed by atoms with van der Waals surface area (Å²) >= 11 is 0. The maximum absolute atomic E-state index is 4.52. The number of likely N-dealkylation sites (tertiary alicyclic amines) is 1. The molecule has 8 heteroatoms. The van der Waals surface area contributed by atoms with Crippen molar-refractivity contribution in [1.82, 2.24) is 30.2 Å². The second-order valence-corrected chi connectivity index (χ2v) is 9.07. The summed E-state index contributed by atoms with van der Waals surface area (Å²) in [5.41, 5.74) is 1.53. The standard InChI is InChI=1S/C22H41N7.HI/c1-23-21(24-16-20(27(2)3)19-15-26-28(4)17-19)25-18-22(11-7-5-8-12-22)29-13-9-6-10-14-29;/h15,17,20H,5-14,16,18H2,1-4H3,(H2,23,24,25);1H. The number of aromatic nitrogens is 2. The largest absolute Gasteiger partial charge is 0.355 e. The van der Waals surface area contributed by atoms with Crippen molar-refractivity contribution in [3.63, 3.8) is 0 Å². The van der Waals surface area contributed by atoms with Gasteiger partial charge in [-0.3, -0.25) is 14.6 Å². The van der Waals surface area contributed by atoms with Gasteiger partial charge in [-0.25, -0.2) is 0 Å². The average molecular weight is 532 g/mol. The van der Waals surface area contributed by atoms with Crippen LogP contribution in [0.25, 0.3) is 0 Å². The Morgan fingerprint density at radius 2 is 1.80 bits per heavy atom. The van der Waals surface area contributed by atoms with Gasteiger partial charge in [0, 0.05) is 44.5 Å². The molecule has 0 aromatic carbocycles. The summed E-state index contributed by atoms with van der Waals surface area (Å²) in [4.78, 5) is 9.53. The Morgan fingerprint density at radius 1 is 1.13 bits per heavy atom. The molecule has 1 aromatic heterocycles. The molecule has 0 spiro atoms. The fourth-order valence-electron chi connectivity index (χ4n) is 5.06. The Labute approximate surface area is 200 Å². The zero-order chi connectivity index (χ0) is 20.7. The number of likely N-dealkylation sites (N-methyl/N-ethyl adjacent to an activating group) is 1. The number of guanidine groups is 1. The maximum atomic E-state index is 4.52. The van der Waals surface area contributed by atoms with Crippen LogP contribution in [-0.4, -0.2) is 78.4 Å². The number of hydrogen-bond acceptors (Lipinski definition) is 4. The minimum atomic E-state index is 0. The molecule has 1 saturated carbocycles. The molecule has 30 heavy (non-hydrogen) atoms. The fourth-order valence-corrected chi connectivity index (χ4v) is 5.06. The first kappa shape index (κ1) is 25.4. The van der Waals surface area contributed by atoms with E-state index in [-0.39, 0.29) is 30.0 Å². The van der Waals surface area contributed by atoms with E-state index >= 15 is 0 Å². The van der Waals surface area contributed by atoms with Crippen molar-refractivity contribution >= 4 is 29.9 Å². The third-order valence-corrected chi connectivity index (χ3v) is 6.82. The molecule has 3 rings (SSSR count). The van der Waals surface area contributed by atoms with Crippen LogP contribution in [0.4, 0.5) is 0 Å². The van der Waals surface area contributed by atoms with Gasteiger partial charge < -0.3 is 15.5 Å². The SMILES string of the molecule is CN=C(NCC(c1cnn(C)c1)N(C)C)NCC1(N2CCCCC2)CCCCC1.I. The molecule has 1 unspecified atom stereocenters. The summed E-state index contributed by atoms with van der Waals surface area (Å²) in [6.07, 6.45) is 14.9. The fraction of sp³-hybridized carbons (Fsp3) is 0.818. The molecule has 1 aliphatic carbocycles. The molecule has 2 aliphatic rings. The number of nitrogens with one attached hydrogen (secondary N) is 2. The third kappa shape index (κ3) is 6.56. The van der Waals surface area contributed by atoms with E-state index in [1.165, 1.54) is 70.0 Å². The normalized spacial score (nSPS) is 21.2. The summed E-state index contributed by atoms with van der Waals surface area (Å²) in [5.74, 6) is 0.905. The second kappa shape index (κ2) is 12.2. The monoisotopic (exact) mass is 531 g/mol. The van der Waals surface area contributed by atoms with Crippen LogP contribution in [0.2, 0.25) is 0 Å². The van der Waals surface area contributed by atoms with Crippen LogP contribution in [0.1, 0.15) is 63.0 Å². The molecule has 2 fully saturated rings. The zero-order valence-corrected chi connectivity index (χ0v) is 21.7. The second-order valence-electron chi connectivity index (χ2n) is 9.07. The number of piperidine rings is 1. The molecular formula is C22H42IN7. The number of aliphatic imine (C=N–C) groups is 1. The van der Waals surface area contributed by atoms with E-state index in [9.17, 15) is 0 Å². The molecule has 2 heterocycles. The van der Waals surface area contributed by atoms with Crippen LogP contribution < -0.4 is 10.6 Å². The highest BCUT2D eigenvalue weighted by molar-refractivity contribution is 14.0. The predicted octanol–water partition coefficient (Wildman–Crippen LogP) is 2.99. The van der Waals surface area contributed by atoms with Gasteiger partial charge in [-0.05, 0) is 52.9 Å². The van der Waals surface area contributed by atoms with Crippen LogP contribution in [0, 0.1) is 0 Å². The Balaban J connectivity index is 0.00000320. The van der Waals surface area contributed by atoms with E-state index in [0.717, 1.165) is 19.0 Å².